The molecule has 0 aliphatic carbocycles. The molecule has 2 heterocycles. The van der Waals surface area contributed by atoms with Crippen LogP contribution < -0.4 is 5.73 Å². The maximum absolute atomic E-state index is 13.9. The monoisotopic (exact) mass is 422 g/mol. The molecule has 31 heavy (non-hydrogen) atoms. The number of nitrogens with two attached hydrogens (primary N) is 1. The molecule has 1 aromatic heterocycles. The third-order valence-electron chi connectivity index (χ3n) is 5.32. The number of halogens is 1. The first kappa shape index (κ1) is 21.1. The van der Waals surface area contributed by atoms with Gasteiger partial charge in [-0.2, -0.15) is 4.99 Å². The Hall–Kier alpha value is -3.19. The first-order valence-electron chi connectivity index (χ1n) is 10.5. The average Bonchev–Trinajstić information content (AvgIpc) is 3.20. The van der Waals surface area contributed by atoms with E-state index in [-0.39, 0.29) is 18.0 Å². The molecule has 0 spiro atoms. The maximum Gasteiger partial charge on any atom is 0.253 e. The summed E-state index contributed by atoms with van der Waals surface area (Å²) in [6, 6.07) is 16.5. The normalized spacial score (nSPS) is 19.6. The van der Waals surface area contributed by atoms with Crippen LogP contribution in [0, 0.1) is 5.82 Å². The van der Waals surface area contributed by atoms with E-state index in [4.69, 9.17) is 15.0 Å². The molecule has 0 saturated carbocycles. The Labute approximate surface area is 181 Å². The Balaban J connectivity index is 1.35. The van der Waals surface area contributed by atoms with Crippen LogP contribution in [0.2, 0.25) is 0 Å². The lowest BCUT2D eigenvalue weighted by Gasteiger charge is -2.35. The lowest BCUT2D eigenvalue weighted by atomic mass is 10.0. The molecule has 4 rings (SSSR count). The minimum atomic E-state index is -0.216. The molecule has 2 aromatic carbocycles. The fourth-order valence-corrected chi connectivity index (χ4v) is 3.84. The maximum atomic E-state index is 13.9. The number of aliphatic imine (C=N–C) groups is 1. The van der Waals surface area contributed by atoms with Crippen molar-refractivity contribution < 1.29 is 13.7 Å². The molecule has 0 amide bonds. The molecule has 0 radical (unpaired) electrons. The highest BCUT2D eigenvalue weighted by atomic mass is 19.1. The summed E-state index contributed by atoms with van der Waals surface area (Å²) in [5.74, 6) is 0.592. The van der Waals surface area contributed by atoms with Crippen molar-refractivity contribution in [3.63, 3.8) is 0 Å². The molecule has 2 atom stereocenters. The Bertz CT molecular complexity index is 1040. The molecule has 162 valence electrons. The second kappa shape index (κ2) is 9.31. The van der Waals surface area contributed by atoms with Crippen molar-refractivity contribution in [3.05, 3.63) is 71.7 Å². The number of aryl methyl sites for hydroxylation is 2. The third-order valence-corrected chi connectivity index (χ3v) is 5.32. The zero-order chi connectivity index (χ0) is 21.8. The second-order valence-electron chi connectivity index (χ2n) is 7.97. The molecular formula is C24H27FN4O2. The van der Waals surface area contributed by atoms with Gasteiger partial charge in [-0.15, -0.1) is 0 Å². The zero-order valence-corrected chi connectivity index (χ0v) is 17.8. The molecule has 2 N–H and O–H groups in total. The number of ether oxygens (including phenoxy) is 1. The summed E-state index contributed by atoms with van der Waals surface area (Å²) in [4.78, 5) is 6.38. The van der Waals surface area contributed by atoms with Crippen LogP contribution in [0.15, 0.2) is 64.1 Å². The van der Waals surface area contributed by atoms with Gasteiger partial charge in [0, 0.05) is 24.7 Å². The highest BCUT2D eigenvalue weighted by Crippen LogP contribution is 2.23. The summed E-state index contributed by atoms with van der Waals surface area (Å²) in [7, 11) is 0. The van der Waals surface area contributed by atoms with Crippen LogP contribution in [0.3, 0.4) is 0 Å². The number of hydrogen-bond donors (Lipinski definition) is 1. The second-order valence-corrected chi connectivity index (χ2v) is 7.97. The van der Waals surface area contributed by atoms with E-state index in [1.165, 1.54) is 6.07 Å². The quantitative estimate of drug-likeness (QED) is 0.489. The summed E-state index contributed by atoms with van der Waals surface area (Å²) in [5, 5.41) is 4.11. The van der Waals surface area contributed by atoms with Crippen LogP contribution in [0.4, 0.5) is 10.3 Å². The Morgan fingerprint density at radius 3 is 2.52 bits per heavy atom. The number of rotatable bonds is 5. The van der Waals surface area contributed by atoms with Gasteiger partial charge in [-0.05, 0) is 43.9 Å². The van der Waals surface area contributed by atoms with E-state index in [2.05, 4.69) is 10.1 Å². The first-order valence-corrected chi connectivity index (χ1v) is 10.5. The lowest BCUT2D eigenvalue weighted by Crippen LogP contribution is -2.50. The van der Waals surface area contributed by atoms with Gasteiger partial charge >= 0.3 is 0 Å². The van der Waals surface area contributed by atoms with Crippen LogP contribution in [0.25, 0.3) is 11.1 Å². The minimum absolute atomic E-state index is 0.104. The van der Waals surface area contributed by atoms with Gasteiger partial charge in [-0.3, -0.25) is 0 Å². The summed E-state index contributed by atoms with van der Waals surface area (Å²) < 4.78 is 25.0. The van der Waals surface area contributed by atoms with Crippen molar-refractivity contribution in [2.24, 2.45) is 10.7 Å². The molecule has 1 aliphatic heterocycles. The molecule has 1 saturated heterocycles. The Kier molecular flexibility index (Phi) is 6.32. The van der Waals surface area contributed by atoms with Gasteiger partial charge in [0.25, 0.3) is 5.88 Å². The van der Waals surface area contributed by atoms with E-state index >= 15 is 0 Å². The van der Waals surface area contributed by atoms with E-state index in [1.54, 1.807) is 12.1 Å². The van der Waals surface area contributed by atoms with Gasteiger partial charge in [0.2, 0.25) is 0 Å². The van der Waals surface area contributed by atoms with Crippen molar-refractivity contribution >= 4 is 11.8 Å². The standard InChI is InChI=1S/C24H27FN4O2/c1-16-14-29(15-17(2)30-16)24(26)27-23-13-20(28-31-23)12-9-18-7-10-19(11-8-18)21-5-3-4-6-22(21)25/h3-8,10-11,13,16-17H,9,12,14-15H2,1-2H3,(H2,26,27). The van der Waals surface area contributed by atoms with Gasteiger partial charge in [0.1, 0.15) is 5.82 Å². The van der Waals surface area contributed by atoms with Crippen molar-refractivity contribution in [2.45, 2.75) is 38.9 Å². The van der Waals surface area contributed by atoms with Crippen molar-refractivity contribution in [1.29, 1.82) is 0 Å². The van der Waals surface area contributed by atoms with E-state index < -0.39 is 0 Å². The highest BCUT2D eigenvalue weighted by Gasteiger charge is 2.23. The van der Waals surface area contributed by atoms with Crippen LogP contribution in [-0.2, 0) is 17.6 Å². The SMILES string of the molecule is CC1CN(C(N)=Nc2cc(CCc3ccc(-c4ccccc4F)cc3)no2)CC(C)O1. The van der Waals surface area contributed by atoms with Crippen molar-refractivity contribution in [3.8, 4) is 11.1 Å². The number of guanidine groups is 1. The van der Waals surface area contributed by atoms with Gasteiger partial charge < -0.3 is 19.9 Å². The number of hydrogen-bond acceptors (Lipinski definition) is 4. The highest BCUT2D eigenvalue weighted by molar-refractivity contribution is 5.80. The number of benzene rings is 2. The molecular weight excluding hydrogens is 395 g/mol. The van der Waals surface area contributed by atoms with Gasteiger partial charge in [-0.1, -0.05) is 47.6 Å². The Morgan fingerprint density at radius 1 is 1.10 bits per heavy atom. The van der Waals surface area contributed by atoms with Crippen LogP contribution in [0.1, 0.15) is 25.1 Å². The molecule has 1 aliphatic rings. The summed E-state index contributed by atoms with van der Waals surface area (Å²) in [6.07, 6.45) is 1.71. The number of nitrogens with zero attached hydrogens (tertiary/aromatic N) is 3. The van der Waals surface area contributed by atoms with E-state index in [0.717, 1.165) is 23.2 Å². The summed E-state index contributed by atoms with van der Waals surface area (Å²) in [5.41, 5.74) is 9.58. The molecule has 2 unspecified atom stereocenters. The lowest BCUT2D eigenvalue weighted by molar-refractivity contribution is -0.0483. The molecule has 3 aromatic rings. The first-order chi connectivity index (χ1) is 15.0. The van der Waals surface area contributed by atoms with E-state index in [1.807, 2.05) is 55.1 Å². The van der Waals surface area contributed by atoms with Crippen LogP contribution >= 0.6 is 0 Å². The van der Waals surface area contributed by atoms with Crippen LogP contribution in [-0.4, -0.2) is 41.3 Å². The van der Waals surface area contributed by atoms with E-state index in [9.17, 15) is 4.39 Å². The molecule has 6 nitrogen and oxygen atoms in total. The summed E-state index contributed by atoms with van der Waals surface area (Å²) in [6.45, 7) is 5.43. The molecule has 0 bridgehead atoms. The fourth-order valence-electron chi connectivity index (χ4n) is 3.84. The summed E-state index contributed by atoms with van der Waals surface area (Å²) >= 11 is 0. The van der Waals surface area contributed by atoms with Crippen molar-refractivity contribution in [1.82, 2.24) is 10.1 Å². The molecule has 1 fully saturated rings. The smallest absolute Gasteiger partial charge is 0.253 e. The third kappa shape index (κ3) is 5.30. The number of morpholine rings is 1. The topological polar surface area (TPSA) is 76.9 Å². The molecule has 7 heteroatoms. The number of aromatic nitrogens is 1. The van der Waals surface area contributed by atoms with Crippen molar-refractivity contribution in [2.75, 3.05) is 13.1 Å². The van der Waals surface area contributed by atoms with Gasteiger partial charge in [-0.25, -0.2) is 4.39 Å². The van der Waals surface area contributed by atoms with E-state index in [0.29, 0.717) is 36.9 Å². The minimum Gasteiger partial charge on any atom is -0.372 e. The predicted molar refractivity (Wildman–Crippen MR) is 119 cm³/mol. The van der Waals surface area contributed by atoms with Gasteiger partial charge in [0.05, 0.1) is 17.9 Å². The van der Waals surface area contributed by atoms with Crippen LogP contribution in [0.5, 0.6) is 0 Å². The predicted octanol–water partition coefficient (Wildman–Crippen LogP) is 4.32. The average molecular weight is 423 g/mol. The van der Waals surface area contributed by atoms with Gasteiger partial charge in [0.15, 0.2) is 5.96 Å². The zero-order valence-electron chi connectivity index (χ0n) is 17.8. The Morgan fingerprint density at radius 2 is 1.81 bits per heavy atom. The fraction of sp³-hybridized carbons (Fsp3) is 0.333. The largest absolute Gasteiger partial charge is 0.372 e.